The minimum absolute atomic E-state index is 0.0158. The summed E-state index contributed by atoms with van der Waals surface area (Å²) in [6.45, 7) is 4.49. The van der Waals surface area contributed by atoms with Crippen molar-refractivity contribution in [2.24, 2.45) is 5.92 Å². The summed E-state index contributed by atoms with van der Waals surface area (Å²) in [4.78, 5) is 11.7. The quantitative estimate of drug-likeness (QED) is 0.832. The lowest BCUT2D eigenvalue weighted by Crippen LogP contribution is -2.34. The largest absolute Gasteiger partial charge is 0.391 e. The van der Waals surface area contributed by atoms with Crippen LogP contribution in [0, 0.1) is 19.8 Å². The minimum Gasteiger partial charge on any atom is -0.391 e. The molecule has 0 aromatic heterocycles. The maximum absolute atomic E-state index is 11.7. The van der Waals surface area contributed by atoms with Crippen molar-refractivity contribution in [3.63, 3.8) is 0 Å². The van der Waals surface area contributed by atoms with Crippen LogP contribution in [0.1, 0.15) is 29.5 Å². The number of hydrogen-bond acceptors (Lipinski definition) is 2. The van der Waals surface area contributed by atoms with Gasteiger partial charge in [0.15, 0.2) is 0 Å². The van der Waals surface area contributed by atoms with Crippen LogP contribution in [-0.2, 0) is 11.2 Å². The monoisotopic (exact) mass is 247 g/mol. The molecule has 0 heterocycles. The first-order valence-corrected chi connectivity index (χ1v) is 6.57. The van der Waals surface area contributed by atoms with Gasteiger partial charge in [0.2, 0.25) is 5.91 Å². The topological polar surface area (TPSA) is 49.3 Å². The van der Waals surface area contributed by atoms with E-state index in [4.69, 9.17) is 0 Å². The molecule has 3 heteroatoms. The van der Waals surface area contributed by atoms with Crippen molar-refractivity contribution in [3.8, 4) is 0 Å². The summed E-state index contributed by atoms with van der Waals surface area (Å²) in [5.74, 6) is 0.393. The second kappa shape index (κ2) is 5.53. The molecule has 1 atom stereocenters. The molecule has 1 aliphatic rings. The molecular formula is C15H21NO2. The Labute approximate surface area is 108 Å². The van der Waals surface area contributed by atoms with Crippen LogP contribution in [0.3, 0.4) is 0 Å². The number of carbonyl (C=O) groups excluding carboxylic acids is 1. The SMILES string of the molecule is Cc1ccc(CC(=O)NCC(O)C2CC2)cc1C. The molecule has 0 radical (unpaired) electrons. The maximum Gasteiger partial charge on any atom is 0.224 e. The number of rotatable bonds is 5. The standard InChI is InChI=1S/C15H21NO2/c1-10-3-4-12(7-11(10)2)8-15(18)16-9-14(17)13-5-6-13/h3-4,7,13-14,17H,5-6,8-9H2,1-2H3,(H,16,18). The number of amides is 1. The Balaban J connectivity index is 1.80. The van der Waals surface area contributed by atoms with Gasteiger partial charge in [-0.15, -0.1) is 0 Å². The van der Waals surface area contributed by atoms with E-state index in [0.29, 0.717) is 18.9 Å². The van der Waals surface area contributed by atoms with Gasteiger partial charge < -0.3 is 10.4 Å². The maximum atomic E-state index is 11.7. The van der Waals surface area contributed by atoms with Crippen LogP contribution in [-0.4, -0.2) is 23.7 Å². The summed E-state index contributed by atoms with van der Waals surface area (Å²) in [5.41, 5.74) is 3.47. The van der Waals surface area contributed by atoms with E-state index in [1.54, 1.807) is 0 Å². The van der Waals surface area contributed by atoms with Crippen molar-refractivity contribution in [1.29, 1.82) is 0 Å². The Morgan fingerprint density at radius 3 is 2.72 bits per heavy atom. The predicted octanol–water partition coefficient (Wildman–Crippen LogP) is 1.73. The van der Waals surface area contributed by atoms with Crippen LogP contribution in [0.2, 0.25) is 0 Å². The molecule has 0 bridgehead atoms. The molecule has 0 aliphatic heterocycles. The molecule has 18 heavy (non-hydrogen) atoms. The van der Waals surface area contributed by atoms with Crippen LogP contribution in [0.15, 0.2) is 18.2 Å². The molecular weight excluding hydrogens is 226 g/mol. The second-order valence-corrected chi connectivity index (χ2v) is 5.30. The van der Waals surface area contributed by atoms with Gasteiger partial charge in [0, 0.05) is 6.54 Å². The van der Waals surface area contributed by atoms with Gasteiger partial charge in [-0.3, -0.25) is 4.79 Å². The zero-order valence-corrected chi connectivity index (χ0v) is 11.1. The molecule has 1 aromatic carbocycles. The highest BCUT2D eigenvalue weighted by molar-refractivity contribution is 5.78. The molecule has 1 saturated carbocycles. The molecule has 1 amide bonds. The Morgan fingerprint density at radius 2 is 2.11 bits per heavy atom. The van der Waals surface area contributed by atoms with Gasteiger partial charge in [-0.05, 0) is 49.3 Å². The Bertz CT molecular complexity index is 438. The van der Waals surface area contributed by atoms with Crippen LogP contribution < -0.4 is 5.32 Å². The van der Waals surface area contributed by atoms with Crippen molar-refractivity contribution in [3.05, 3.63) is 34.9 Å². The van der Waals surface area contributed by atoms with Crippen LogP contribution >= 0.6 is 0 Å². The zero-order chi connectivity index (χ0) is 13.1. The summed E-state index contributed by atoms with van der Waals surface area (Å²) in [7, 11) is 0. The van der Waals surface area contributed by atoms with E-state index >= 15 is 0 Å². The predicted molar refractivity (Wildman–Crippen MR) is 71.4 cm³/mol. The number of aliphatic hydroxyl groups excluding tert-OH is 1. The van der Waals surface area contributed by atoms with Crippen molar-refractivity contribution in [2.75, 3.05) is 6.54 Å². The van der Waals surface area contributed by atoms with Crippen LogP contribution in [0.25, 0.3) is 0 Å². The van der Waals surface area contributed by atoms with Crippen molar-refractivity contribution >= 4 is 5.91 Å². The highest BCUT2D eigenvalue weighted by Gasteiger charge is 2.29. The third-order valence-corrected chi connectivity index (χ3v) is 3.61. The summed E-state index contributed by atoms with van der Waals surface area (Å²) in [6, 6.07) is 6.07. The lowest BCUT2D eigenvalue weighted by Gasteiger charge is -2.11. The molecule has 1 fully saturated rings. The van der Waals surface area contributed by atoms with E-state index in [1.807, 2.05) is 25.1 Å². The van der Waals surface area contributed by atoms with E-state index in [9.17, 15) is 9.90 Å². The van der Waals surface area contributed by atoms with Gasteiger partial charge >= 0.3 is 0 Å². The van der Waals surface area contributed by atoms with Gasteiger partial charge in [0.05, 0.1) is 12.5 Å². The number of hydrogen-bond donors (Lipinski definition) is 2. The highest BCUT2D eigenvalue weighted by Crippen LogP contribution is 2.32. The van der Waals surface area contributed by atoms with Crippen LogP contribution in [0.5, 0.6) is 0 Å². The fraction of sp³-hybridized carbons (Fsp3) is 0.533. The number of aryl methyl sites for hydroxylation is 2. The molecule has 3 nitrogen and oxygen atoms in total. The summed E-state index contributed by atoms with van der Waals surface area (Å²) in [5, 5.41) is 12.5. The molecule has 0 saturated heterocycles. The molecule has 2 rings (SSSR count). The molecule has 1 aliphatic carbocycles. The lowest BCUT2D eigenvalue weighted by molar-refractivity contribution is -0.120. The first-order valence-electron chi connectivity index (χ1n) is 6.57. The van der Waals surface area contributed by atoms with E-state index in [1.165, 1.54) is 11.1 Å². The van der Waals surface area contributed by atoms with E-state index in [0.717, 1.165) is 18.4 Å². The summed E-state index contributed by atoms with van der Waals surface area (Å²) >= 11 is 0. The zero-order valence-electron chi connectivity index (χ0n) is 11.1. The van der Waals surface area contributed by atoms with Gasteiger partial charge in [0.1, 0.15) is 0 Å². The molecule has 1 unspecified atom stereocenters. The van der Waals surface area contributed by atoms with Gasteiger partial charge in [-0.25, -0.2) is 0 Å². The number of benzene rings is 1. The van der Waals surface area contributed by atoms with Crippen LogP contribution in [0.4, 0.5) is 0 Å². The number of aliphatic hydroxyl groups is 1. The summed E-state index contributed by atoms with van der Waals surface area (Å²) in [6.07, 6.45) is 2.20. The Hall–Kier alpha value is -1.35. The average Bonchev–Trinajstić information content (AvgIpc) is 3.15. The smallest absolute Gasteiger partial charge is 0.224 e. The first-order chi connectivity index (χ1) is 8.56. The van der Waals surface area contributed by atoms with E-state index in [-0.39, 0.29) is 12.0 Å². The van der Waals surface area contributed by atoms with Gasteiger partial charge in [-0.2, -0.15) is 0 Å². The Morgan fingerprint density at radius 1 is 1.39 bits per heavy atom. The van der Waals surface area contributed by atoms with E-state index < -0.39 is 0 Å². The van der Waals surface area contributed by atoms with Crippen molar-refractivity contribution < 1.29 is 9.90 Å². The molecule has 1 aromatic rings. The number of nitrogens with one attached hydrogen (secondary N) is 1. The first kappa shape index (κ1) is 13.1. The highest BCUT2D eigenvalue weighted by atomic mass is 16.3. The fourth-order valence-electron chi connectivity index (χ4n) is 2.03. The van der Waals surface area contributed by atoms with Crippen molar-refractivity contribution in [1.82, 2.24) is 5.32 Å². The molecule has 0 spiro atoms. The van der Waals surface area contributed by atoms with E-state index in [2.05, 4.69) is 12.2 Å². The normalized spacial score (nSPS) is 16.4. The average molecular weight is 247 g/mol. The molecule has 2 N–H and O–H groups in total. The fourth-order valence-corrected chi connectivity index (χ4v) is 2.03. The minimum atomic E-state index is -0.367. The van der Waals surface area contributed by atoms with Crippen molar-refractivity contribution in [2.45, 2.75) is 39.2 Å². The summed E-state index contributed by atoms with van der Waals surface area (Å²) < 4.78 is 0. The van der Waals surface area contributed by atoms with Gasteiger partial charge in [0.25, 0.3) is 0 Å². The molecule has 98 valence electrons. The third kappa shape index (κ3) is 3.57. The number of carbonyl (C=O) groups is 1. The second-order valence-electron chi connectivity index (χ2n) is 5.30. The Kier molecular flexibility index (Phi) is 4.02. The van der Waals surface area contributed by atoms with Gasteiger partial charge in [-0.1, -0.05) is 18.2 Å². The third-order valence-electron chi connectivity index (χ3n) is 3.61. The lowest BCUT2D eigenvalue weighted by atomic mass is 10.0.